The topological polar surface area (TPSA) is 33.1 Å². The number of aromatic nitrogens is 1. The molecule has 60 valence electrons. The number of rotatable bonds is 1. The Kier molecular flexibility index (Phi) is 2.26. The minimum Gasteiger partial charge on any atom is -0.260 e. The molecule has 0 aliphatic heterocycles. The Morgan fingerprint density at radius 2 is 2.00 bits per heavy atom. The second kappa shape index (κ2) is 2.88. The molecule has 0 amide bonds. The fourth-order valence-corrected chi connectivity index (χ4v) is 1.71. The molecule has 0 fully saturated rings. The summed E-state index contributed by atoms with van der Waals surface area (Å²) in [5.74, 6) is 0. The first-order valence-corrected chi connectivity index (χ1v) is 6.13. The maximum atomic E-state index is 9.68. The summed E-state index contributed by atoms with van der Waals surface area (Å²) in [5, 5.41) is 0.970. The molecule has 0 aliphatic carbocycles. The van der Waals surface area contributed by atoms with E-state index in [4.69, 9.17) is 0 Å². The first-order chi connectivity index (χ1) is 5.00. The maximum absolute atomic E-state index is 9.68. The van der Waals surface area contributed by atoms with Crippen LogP contribution in [0.5, 0.6) is 0 Å². The summed E-state index contributed by atoms with van der Waals surface area (Å²) in [6.45, 7) is 5.71. The van der Waals surface area contributed by atoms with Gasteiger partial charge in [-0.1, -0.05) is 0 Å². The van der Waals surface area contributed by atoms with Gasteiger partial charge in [-0.15, -0.1) is 0 Å². The molecular weight excluding hydrogens is 157 g/mol. The zero-order valence-electron chi connectivity index (χ0n) is 7.07. The van der Waals surface area contributed by atoms with Crippen molar-refractivity contribution in [3.8, 4) is 0 Å². The molecule has 1 N–H and O–H groups in total. The van der Waals surface area contributed by atoms with Crippen LogP contribution < -0.4 is 5.30 Å². The summed E-state index contributed by atoms with van der Waals surface area (Å²) >= 11 is 0. The van der Waals surface area contributed by atoms with Gasteiger partial charge in [0.1, 0.15) is 5.30 Å². The van der Waals surface area contributed by atoms with Crippen LogP contribution in [0.1, 0.15) is 5.56 Å². The highest BCUT2D eigenvalue weighted by Gasteiger charge is 2.24. The molecule has 0 aromatic carbocycles. The van der Waals surface area contributed by atoms with E-state index in [-0.39, 0.29) is 0 Å². The van der Waals surface area contributed by atoms with E-state index in [1.165, 1.54) is 0 Å². The summed E-state index contributed by atoms with van der Waals surface area (Å²) in [5.41, 5.74) is 1.10. The Balaban J connectivity index is 3.06. The van der Waals surface area contributed by atoms with Crippen LogP contribution in [0.4, 0.5) is 0 Å². The Labute approximate surface area is 67.7 Å². The van der Waals surface area contributed by atoms with E-state index in [0.717, 1.165) is 10.9 Å². The predicted octanol–water partition coefficient (Wildman–Crippen LogP) is 1.20. The zero-order chi connectivity index (χ0) is 8.48. The van der Waals surface area contributed by atoms with Crippen LogP contribution in [-0.4, -0.2) is 23.2 Å². The van der Waals surface area contributed by atoms with Crippen molar-refractivity contribution in [2.45, 2.75) is 6.92 Å². The quantitative estimate of drug-likeness (QED) is 0.642. The van der Waals surface area contributed by atoms with Crippen LogP contribution in [0.15, 0.2) is 18.5 Å². The summed E-state index contributed by atoms with van der Waals surface area (Å²) < 4.78 is 0. The van der Waals surface area contributed by atoms with Gasteiger partial charge in [-0.3, -0.25) is 4.98 Å². The second-order valence-corrected chi connectivity index (χ2v) is 6.42. The highest BCUT2D eigenvalue weighted by atomic mass is 31.2. The van der Waals surface area contributed by atoms with Gasteiger partial charge in [0.25, 0.3) is 0 Å². The van der Waals surface area contributed by atoms with Crippen molar-refractivity contribution in [1.82, 2.24) is 4.98 Å². The van der Waals surface area contributed by atoms with Gasteiger partial charge in [0.2, 0.25) is 0 Å². The number of pyridine rings is 1. The van der Waals surface area contributed by atoms with Gasteiger partial charge < -0.3 is 0 Å². The van der Waals surface area contributed by atoms with Gasteiger partial charge in [-0.25, -0.2) is 4.89 Å². The first kappa shape index (κ1) is 8.63. The molecule has 0 aliphatic rings. The van der Waals surface area contributed by atoms with Crippen molar-refractivity contribution in [1.29, 1.82) is 0 Å². The molecule has 0 saturated carbocycles. The van der Waals surface area contributed by atoms with Gasteiger partial charge in [-0.2, -0.15) is 0 Å². The smallest absolute Gasteiger partial charge is 0.169 e. The Hall–Kier alpha value is -0.460. The third-order valence-corrected chi connectivity index (χ3v) is 3.00. The molecule has 1 aromatic rings. The van der Waals surface area contributed by atoms with Crippen LogP contribution in [0, 0.1) is 6.92 Å². The molecule has 3 heteroatoms. The molecule has 0 unspecified atom stereocenters. The molecule has 1 aromatic heterocycles. The molecule has 0 atom stereocenters. The Morgan fingerprint density at radius 3 is 2.36 bits per heavy atom. The van der Waals surface area contributed by atoms with Crippen LogP contribution >= 0.6 is 7.49 Å². The van der Waals surface area contributed by atoms with Crippen molar-refractivity contribution in [2.75, 3.05) is 13.3 Å². The van der Waals surface area contributed by atoms with Crippen molar-refractivity contribution < 1.29 is 4.89 Å². The summed E-state index contributed by atoms with van der Waals surface area (Å²) in [7, 11) is -1.86. The van der Waals surface area contributed by atoms with Crippen LogP contribution in [-0.2, 0) is 0 Å². The Bertz CT molecular complexity index is 255. The number of aryl methyl sites for hydroxylation is 1. The third kappa shape index (κ3) is 2.25. The van der Waals surface area contributed by atoms with E-state index in [9.17, 15) is 4.89 Å². The fraction of sp³-hybridized carbons (Fsp3) is 0.375. The van der Waals surface area contributed by atoms with Crippen molar-refractivity contribution in [2.24, 2.45) is 0 Å². The molecule has 11 heavy (non-hydrogen) atoms. The summed E-state index contributed by atoms with van der Waals surface area (Å²) in [4.78, 5) is 13.7. The summed E-state index contributed by atoms with van der Waals surface area (Å²) in [6.07, 6.45) is 3.53. The SMILES string of the molecule is Cc1cncc([P+](C)(C)O)c1. The lowest BCUT2D eigenvalue weighted by atomic mass is 10.3. The standard InChI is InChI=1S/C8H13NOP/c1-7-4-8(6-9-5-7)11(2,3)10/h4-6,10H,1-3H3/q+1. The van der Waals surface area contributed by atoms with Crippen molar-refractivity contribution in [3.63, 3.8) is 0 Å². The molecule has 0 radical (unpaired) electrons. The number of hydrogen-bond acceptors (Lipinski definition) is 2. The molecule has 1 rings (SSSR count). The van der Waals surface area contributed by atoms with Crippen LogP contribution in [0.3, 0.4) is 0 Å². The van der Waals surface area contributed by atoms with E-state index in [1.807, 2.05) is 26.3 Å². The lowest BCUT2D eigenvalue weighted by Crippen LogP contribution is -2.09. The lowest BCUT2D eigenvalue weighted by molar-refractivity contribution is 0.624. The van der Waals surface area contributed by atoms with Crippen molar-refractivity contribution >= 4 is 12.8 Å². The Morgan fingerprint density at radius 1 is 1.36 bits per heavy atom. The number of nitrogens with zero attached hydrogens (tertiary/aromatic N) is 1. The predicted molar refractivity (Wildman–Crippen MR) is 49.6 cm³/mol. The van der Waals surface area contributed by atoms with Gasteiger partial charge in [0.05, 0.1) is 19.5 Å². The van der Waals surface area contributed by atoms with E-state index < -0.39 is 7.49 Å². The number of hydrogen-bond donors (Lipinski definition) is 1. The highest BCUT2D eigenvalue weighted by Crippen LogP contribution is 2.43. The van der Waals surface area contributed by atoms with E-state index >= 15 is 0 Å². The first-order valence-electron chi connectivity index (χ1n) is 3.49. The average molecular weight is 170 g/mol. The third-order valence-electron chi connectivity index (χ3n) is 1.49. The maximum Gasteiger partial charge on any atom is 0.169 e. The van der Waals surface area contributed by atoms with E-state index in [0.29, 0.717) is 0 Å². The molecule has 0 bridgehead atoms. The van der Waals surface area contributed by atoms with Crippen LogP contribution in [0.25, 0.3) is 0 Å². The van der Waals surface area contributed by atoms with Crippen molar-refractivity contribution in [3.05, 3.63) is 24.0 Å². The van der Waals surface area contributed by atoms with Gasteiger partial charge in [0, 0.05) is 6.20 Å². The van der Waals surface area contributed by atoms with Crippen LogP contribution in [0.2, 0.25) is 0 Å². The largest absolute Gasteiger partial charge is 0.260 e. The molecular formula is C8H13NOP+. The lowest BCUT2D eigenvalue weighted by Gasteiger charge is -2.07. The van der Waals surface area contributed by atoms with Gasteiger partial charge in [-0.05, 0) is 18.6 Å². The molecule has 2 nitrogen and oxygen atoms in total. The minimum absolute atomic E-state index is 0.970. The van der Waals surface area contributed by atoms with Gasteiger partial charge in [0.15, 0.2) is 7.49 Å². The van der Waals surface area contributed by atoms with E-state index in [1.54, 1.807) is 12.4 Å². The zero-order valence-corrected chi connectivity index (χ0v) is 7.97. The van der Waals surface area contributed by atoms with Gasteiger partial charge >= 0.3 is 0 Å². The second-order valence-electron chi connectivity index (χ2n) is 3.11. The summed E-state index contributed by atoms with van der Waals surface area (Å²) in [6, 6.07) is 1.99. The highest BCUT2D eigenvalue weighted by molar-refractivity contribution is 7.76. The monoisotopic (exact) mass is 170 g/mol. The molecule has 0 spiro atoms. The van der Waals surface area contributed by atoms with E-state index in [2.05, 4.69) is 4.98 Å². The molecule has 0 saturated heterocycles. The average Bonchev–Trinajstić information content (AvgIpc) is 1.86. The minimum atomic E-state index is -1.86. The normalized spacial score (nSPS) is 11.6. The fourth-order valence-electron chi connectivity index (χ4n) is 0.838. The molecule has 1 heterocycles.